The summed E-state index contributed by atoms with van der Waals surface area (Å²) in [6.45, 7) is 0.415. The van der Waals surface area contributed by atoms with Crippen molar-refractivity contribution in [2.45, 2.75) is 0 Å². The predicted molar refractivity (Wildman–Crippen MR) is 158 cm³/mol. The molecule has 43 heavy (non-hydrogen) atoms. The second-order valence-corrected chi connectivity index (χ2v) is 9.45. The van der Waals surface area contributed by atoms with Gasteiger partial charge in [-0.3, -0.25) is 9.59 Å². The summed E-state index contributed by atoms with van der Waals surface area (Å²) in [4.78, 5) is 26.3. The summed E-state index contributed by atoms with van der Waals surface area (Å²) in [6, 6.07) is 6.67. The first-order valence-corrected chi connectivity index (χ1v) is 13.4. The molecule has 3 aromatic rings. The normalized spacial score (nSPS) is 12.1. The van der Waals surface area contributed by atoms with Crippen LogP contribution in [-0.2, 0) is 0 Å². The minimum atomic E-state index is -0.601. The standard InChI is InChI=1S/C28H30N4O10S/c1-35-17-9-15(10-18(36-2)21(17)39-5)13-29-31-27(33)25-23-24(42-8-7-41-23)26(43-25)28(34)32-30-14-16-11-19(37-3)22(40-6)20(12-16)38-4/h9-14H,7-8H2,1-6H3,(H,31,33)(H,32,34)/b29-13-,30-14-. The monoisotopic (exact) mass is 614 g/mol. The number of carbonyl (C=O) groups excluding carboxylic acids is 2. The van der Waals surface area contributed by atoms with E-state index in [9.17, 15) is 9.59 Å². The predicted octanol–water partition coefficient (Wildman–Crippen LogP) is 3.10. The third kappa shape index (κ3) is 6.67. The van der Waals surface area contributed by atoms with Gasteiger partial charge >= 0.3 is 0 Å². The molecule has 0 atom stereocenters. The molecule has 0 saturated carbocycles. The Morgan fingerprint density at radius 3 is 1.30 bits per heavy atom. The van der Waals surface area contributed by atoms with Gasteiger partial charge in [0.05, 0.1) is 55.1 Å². The fourth-order valence-corrected chi connectivity index (χ4v) is 5.00. The molecule has 2 amide bonds. The number of hydrazone groups is 2. The van der Waals surface area contributed by atoms with Crippen molar-refractivity contribution in [3.63, 3.8) is 0 Å². The number of nitrogens with zero attached hydrogens (tertiary/aromatic N) is 2. The lowest BCUT2D eigenvalue weighted by Crippen LogP contribution is -2.21. The number of amides is 2. The smallest absolute Gasteiger partial charge is 0.285 e. The second-order valence-electron chi connectivity index (χ2n) is 8.43. The summed E-state index contributed by atoms with van der Waals surface area (Å²) in [6.07, 6.45) is 2.82. The maximum Gasteiger partial charge on any atom is 0.285 e. The van der Waals surface area contributed by atoms with Gasteiger partial charge in [-0.25, -0.2) is 10.9 Å². The maximum atomic E-state index is 13.0. The Morgan fingerprint density at radius 2 is 1.00 bits per heavy atom. The van der Waals surface area contributed by atoms with Crippen LogP contribution in [0.4, 0.5) is 0 Å². The van der Waals surface area contributed by atoms with Crippen molar-refractivity contribution in [2.75, 3.05) is 55.9 Å². The highest BCUT2D eigenvalue weighted by Gasteiger charge is 2.31. The summed E-state index contributed by atoms with van der Waals surface area (Å²) in [5.41, 5.74) is 6.05. The Hall–Kier alpha value is -5.18. The number of carbonyl (C=O) groups is 2. The van der Waals surface area contributed by atoms with Gasteiger partial charge in [0.2, 0.25) is 11.5 Å². The van der Waals surface area contributed by atoms with Crippen molar-refractivity contribution in [1.29, 1.82) is 0 Å². The van der Waals surface area contributed by atoms with Gasteiger partial charge in [-0.15, -0.1) is 11.3 Å². The topological polar surface area (TPSA) is 157 Å². The number of thiophene rings is 1. The molecular weight excluding hydrogens is 584 g/mol. The Morgan fingerprint density at radius 1 is 0.651 bits per heavy atom. The van der Waals surface area contributed by atoms with E-state index < -0.39 is 11.8 Å². The van der Waals surface area contributed by atoms with Gasteiger partial charge in [-0.1, -0.05) is 0 Å². The Balaban J connectivity index is 1.51. The number of fused-ring (bicyclic) bond motifs is 1. The van der Waals surface area contributed by atoms with Crippen LogP contribution < -0.4 is 48.7 Å². The molecule has 0 bridgehead atoms. The van der Waals surface area contributed by atoms with Crippen molar-refractivity contribution >= 4 is 35.6 Å². The SMILES string of the molecule is COc1cc(/C=N\NC(=O)c2sc(C(=O)N/N=C\c3cc(OC)c(OC)c(OC)c3)c3c2OCCO3)cc(OC)c1OC. The summed E-state index contributed by atoms with van der Waals surface area (Å²) in [5, 5.41) is 8.06. The molecule has 0 unspecified atom stereocenters. The molecule has 2 heterocycles. The zero-order chi connectivity index (χ0) is 30.9. The van der Waals surface area contributed by atoms with Crippen molar-refractivity contribution in [1.82, 2.24) is 10.9 Å². The molecule has 14 nitrogen and oxygen atoms in total. The first kappa shape index (κ1) is 30.8. The highest BCUT2D eigenvalue weighted by molar-refractivity contribution is 7.16. The van der Waals surface area contributed by atoms with E-state index in [4.69, 9.17) is 37.9 Å². The van der Waals surface area contributed by atoms with Gasteiger partial charge in [0.15, 0.2) is 34.5 Å². The first-order chi connectivity index (χ1) is 20.9. The molecule has 0 saturated heterocycles. The summed E-state index contributed by atoms with van der Waals surface area (Å²) in [5.74, 6) is 1.65. The number of nitrogens with one attached hydrogen (secondary N) is 2. The van der Waals surface area contributed by atoms with E-state index in [-0.39, 0.29) is 34.5 Å². The van der Waals surface area contributed by atoms with Crippen LogP contribution in [0, 0.1) is 0 Å². The second kappa shape index (κ2) is 14.1. The number of benzene rings is 2. The van der Waals surface area contributed by atoms with Crippen LogP contribution in [-0.4, -0.2) is 80.1 Å². The number of hydrogen-bond acceptors (Lipinski definition) is 13. The van der Waals surface area contributed by atoms with E-state index in [2.05, 4.69) is 21.1 Å². The number of methoxy groups -OCH3 is 6. The van der Waals surface area contributed by atoms with Gasteiger partial charge in [0, 0.05) is 11.1 Å². The van der Waals surface area contributed by atoms with Crippen LogP contribution in [0.15, 0.2) is 34.5 Å². The van der Waals surface area contributed by atoms with Crippen LogP contribution in [0.25, 0.3) is 0 Å². The fourth-order valence-electron chi connectivity index (χ4n) is 4.03. The lowest BCUT2D eigenvalue weighted by molar-refractivity contribution is 0.0935. The van der Waals surface area contributed by atoms with E-state index in [1.165, 1.54) is 55.1 Å². The molecule has 2 N–H and O–H groups in total. The van der Waals surface area contributed by atoms with Crippen LogP contribution in [0.5, 0.6) is 46.0 Å². The lowest BCUT2D eigenvalue weighted by atomic mass is 10.2. The van der Waals surface area contributed by atoms with Gasteiger partial charge < -0.3 is 37.9 Å². The van der Waals surface area contributed by atoms with E-state index in [1.54, 1.807) is 24.3 Å². The molecule has 1 aliphatic heterocycles. The molecular formula is C28H30N4O10S. The highest BCUT2D eigenvalue weighted by Crippen LogP contribution is 2.44. The van der Waals surface area contributed by atoms with Gasteiger partial charge in [-0.05, 0) is 24.3 Å². The zero-order valence-electron chi connectivity index (χ0n) is 24.3. The molecule has 4 rings (SSSR count). The molecule has 0 fully saturated rings. The first-order valence-electron chi connectivity index (χ1n) is 12.6. The van der Waals surface area contributed by atoms with Gasteiger partial charge in [-0.2, -0.15) is 10.2 Å². The maximum absolute atomic E-state index is 13.0. The quantitative estimate of drug-likeness (QED) is 0.230. The molecule has 228 valence electrons. The minimum Gasteiger partial charge on any atom is -0.493 e. The summed E-state index contributed by atoms with van der Waals surface area (Å²) >= 11 is 0.883. The largest absolute Gasteiger partial charge is 0.493 e. The summed E-state index contributed by atoms with van der Waals surface area (Å²) in [7, 11) is 8.97. The van der Waals surface area contributed by atoms with Crippen LogP contribution in [0.3, 0.4) is 0 Å². The van der Waals surface area contributed by atoms with Crippen LogP contribution in [0.2, 0.25) is 0 Å². The third-order valence-electron chi connectivity index (χ3n) is 5.94. The molecule has 1 aromatic heterocycles. The third-order valence-corrected chi connectivity index (χ3v) is 7.09. The van der Waals surface area contributed by atoms with Crippen molar-refractivity contribution < 1.29 is 47.5 Å². The van der Waals surface area contributed by atoms with Crippen LogP contribution in [0.1, 0.15) is 30.5 Å². The Kier molecular flexibility index (Phi) is 10.1. The van der Waals surface area contributed by atoms with E-state index >= 15 is 0 Å². The Labute approximate surface area is 251 Å². The van der Waals surface area contributed by atoms with E-state index in [0.717, 1.165) is 11.3 Å². The average Bonchev–Trinajstić information content (AvgIpc) is 3.43. The number of hydrogen-bond donors (Lipinski definition) is 2. The molecule has 0 radical (unpaired) electrons. The molecule has 0 spiro atoms. The number of ether oxygens (including phenoxy) is 8. The van der Waals surface area contributed by atoms with Crippen molar-refractivity contribution in [2.24, 2.45) is 10.2 Å². The van der Waals surface area contributed by atoms with Crippen molar-refractivity contribution in [3.8, 4) is 46.0 Å². The zero-order valence-corrected chi connectivity index (χ0v) is 25.1. The summed E-state index contributed by atoms with van der Waals surface area (Å²) < 4.78 is 43.3. The average molecular weight is 615 g/mol. The Bertz CT molecular complexity index is 1390. The van der Waals surface area contributed by atoms with Crippen LogP contribution >= 0.6 is 11.3 Å². The number of rotatable bonds is 12. The molecule has 1 aliphatic rings. The highest BCUT2D eigenvalue weighted by atomic mass is 32.1. The minimum absolute atomic E-state index is 0.107. The van der Waals surface area contributed by atoms with Gasteiger partial charge in [0.25, 0.3) is 11.8 Å². The fraction of sp³-hybridized carbons (Fsp3) is 0.286. The van der Waals surface area contributed by atoms with Crippen molar-refractivity contribution in [3.05, 3.63) is 45.1 Å². The molecule has 0 aliphatic carbocycles. The van der Waals surface area contributed by atoms with E-state index in [0.29, 0.717) is 45.6 Å². The van der Waals surface area contributed by atoms with Gasteiger partial charge in [0.1, 0.15) is 23.0 Å². The van der Waals surface area contributed by atoms with E-state index in [1.807, 2.05) is 0 Å². The lowest BCUT2D eigenvalue weighted by Gasteiger charge is -2.16. The molecule has 2 aromatic carbocycles. The molecule has 15 heteroatoms.